The van der Waals surface area contributed by atoms with Crippen molar-refractivity contribution in [2.45, 2.75) is 13.2 Å². The van der Waals surface area contributed by atoms with Gasteiger partial charge in [0, 0.05) is 16.3 Å². The minimum absolute atomic E-state index is 0.286. The number of thiazole rings is 1. The summed E-state index contributed by atoms with van der Waals surface area (Å²) < 4.78 is 18.5. The van der Waals surface area contributed by atoms with Crippen molar-refractivity contribution in [3.8, 4) is 17.1 Å². The first-order valence-corrected chi connectivity index (χ1v) is 9.20. The van der Waals surface area contributed by atoms with Crippen LogP contribution in [0.15, 0.2) is 46.5 Å². The van der Waals surface area contributed by atoms with E-state index in [4.69, 9.17) is 4.74 Å². The maximum Gasteiger partial charge on any atom is 0.205 e. The van der Waals surface area contributed by atoms with Crippen LogP contribution < -0.4 is 4.74 Å². The molecule has 3 heterocycles. The van der Waals surface area contributed by atoms with E-state index in [1.54, 1.807) is 23.5 Å². The summed E-state index contributed by atoms with van der Waals surface area (Å²) in [6.07, 6.45) is 0. The molecule has 0 saturated carbocycles. The first-order valence-electron chi connectivity index (χ1n) is 7.38. The Morgan fingerprint density at radius 2 is 2.00 bits per heavy atom. The Kier molecular flexibility index (Phi) is 4.49. The second kappa shape index (κ2) is 7.08. The van der Waals surface area contributed by atoms with Crippen molar-refractivity contribution in [2.75, 3.05) is 0 Å². The van der Waals surface area contributed by atoms with E-state index in [2.05, 4.69) is 20.4 Å². The molecule has 4 aromatic rings. The lowest BCUT2D eigenvalue weighted by atomic mass is 10.3. The third-order valence-corrected chi connectivity index (χ3v) is 4.87. The molecule has 0 aliphatic heterocycles. The van der Waals surface area contributed by atoms with E-state index in [0.29, 0.717) is 24.7 Å². The van der Waals surface area contributed by atoms with E-state index in [-0.39, 0.29) is 5.82 Å². The number of aromatic nitrogens is 5. The molecule has 25 heavy (non-hydrogen) atoms. The normalized spacial score (nSPS) is 10.9. The zero-order chi connectivity index (χ0) is 17.1. The number of benzene rings is 1. The smallest absolute Gasteiger partial charge is 0.205 e. The Morgan fingerprint density at radius 3 is 2.80 bits per heavy atom. The van der Waals surface area contributed by atoms with Gasteiger partial charge in [0.15, 0.2) is 0 Å². The van der Waals surface area contributed by atoms with Crippen molar-refractivity contribution in [2.24, 2.45) is 0 Å². The Morgan fingerprint density at radius 1 is 1.12 bits per heavy atom. The van der Waals surface area contributed by atoms with Gasteiger partial charge in [-0.3, -0.25) is 0 Å². The predicted octanol–water partition coefficient (Wildman–Crippen LogP) is 3.62. The first-order chi connectivity index (χ1) is 12.3. The van der Waals surface area contributed by atoms with Crippen LogP contribution in [0.25, 0.3) is 11.4 Å². The molecule has 6 nitrogen and oxygen atoms in total. The zero-order valence-corrected chi connectivity index (χ0v) is 14.5. The van der Waals surface area contributed by atoms with Crippen LogP contribution in [-0.2, 0) is 13.2 Å². The highest BCUT2D eigenvalue weighted by molar-refractivity contribution is 7.09. The SMILES string of the molecule is Fc1ccc(OCc2nc(Cn3nnc(-c4ccsc4)n3)cs2)cc1. The lowest BCUT2D eigenvalue weighted by Crippen LogP contribution is -2.05. The fourth-order valence-corrected chi connectivity index (χ4v) is 3.46. The molecule has 0 bridgehead atoms. The molecule has 4 rings (SSSR count). The van der Waals surface area contributed by atoms with E-state index in [1.807, 2.05) is 22.2 Å². The Labute approximate surface area is 150 Å². The van der Waals surface area contributed by atoms with Crippen LogP contribution >= 0.6 is 22.7 Å². The summed E-state index contributed by atoms with van der Waals surface area (Å²) >= 11 is 3.09. The third kappa shape index (κ3) is 3.89. The molecular formula is C16H12FN5OS2. The first kappa shape index (κ1) is 15.9. The largest absolute Gasteiger partial charge is 0.486 e. The van der Waals surface area contributed by atoms with E-state index < -0.39 is 0 Å². The Hall–Kier alpha value is -2.65. The minimum atomic E-state index is -0.286. The lowest BCUT2D eigenvalue weighted by Gasteiger charge is -2.03. The van der Waals surface area contributed by atoms with Gasteiger partial charge in [0.2, 0.25) is 5.82 Å². The van der Waals surface area contributed by atoms with Gasteiger partial charge in [0.05, 0.1) is 5.69 Å². The van der Waals surface area contributed by atoms with Crippen molar-refractivity contribution >= 4 is 22.7 Å². The fraction of sp³-hybridized carbons (Fsp3) is 0.125. The number of tetrazole rings is 1. The molecule has 0 unspecified atom stereocenters. The highest BCUT2D eigenvalue weighted by Crippen LogP contribution is 2.18. The molecule has 0 aliphatic carbocycles. The number of nitrogens with zero attached hydrogens (tertiary/aromatic N) is 5. The van der Waals surface area contributed by atoms with Crippen LogP contribution in [0.4, 0.5) is 4.39 Å². The minimum Gasteiger partial charge on any atom is -0.486 e. The van der Waals surface area contributed by atoms with Gasteiger partial charge >= 0.3 is 0 Å². The van der Waals surface area contributed by atoms with Crippen molar-refractivity contribution in [1.82, 2.24) is 25.2 Å². The summed E-state index contributed by atoms with van der Waals surface area (Å²) in [4.78, 5) is 6.02. The molecule has 0 radical (unpaired) electrons. The average molecular weight is 373 g/mol. The molecule has 0 saturated heterocycles. The molecule has 1 aromatic carbocycles. The number of halogens is 1. The number of thiophene rings is 1. The van der Waals surface area contributed by atoms with Gasteiger partial charge in [-0.1, -0.05) is 0 Å². The summed E-state index contributed by atoms with van der Waals surface area (Å²) in [5, 5.41) is 19.2. The highest BCUT2D eigenvalue weighted by atomic mass is 32.1. The summed E-state index contributed by atoms with van der Waals surface area (Å²) in [7, 11) is 0. The van der Waals surface area contributed by atoms with Gasteiger partial charge in [0.1, 0.15) is 29.7 Å². The van der Waals surface area contributed by atoms with Gasteiger partial charge in [0.25, 0.3) is 0 Å². The molecule has 0 aliphatic rings. The number of hydrogen-bond donors (Lipinski definition) is 0. The van der Waals surface area contributed by atoms with E-state index in [0.717, 1.165) is 16.3 Å². The number of rotatable bonds is 6. The summed E-state index contributed by atoms with van der Waals surface area (Å²) in [6.45, 7) is 0.783. The Balaban J connectivity index is 1.37. The van der Waals surface area contributed by atoms with Gasteiger partial charge < -0.3 is 4.74 Å². The fourth-order valence-electron chi connectivity index (χ4n) is 2.13. The quantitative estimate of drug-likeness (QED) is 0.516. The Bertz CT molecular complexity index is 949. The van der Waals surface area contributed by atoms with Crippen LogP contribution in [-0.4, -0.2) is 25.2 Å². The predicted molar refractivity (Wildman–Crippen MR) is 93.1 cm³/mol. The van der Waals surface area contributed by atoms with Crippen LogP contribution in [0.3, 0.4) is 0 Å². The van der Waals surface area contributed by atoms with Gasteiger partial charge in [-0.2, -0.15) is 16.1 Å². The zero-order valence-electron chi connectivity index (χ0n) is 12.9. The standard InChI is InChI=1S/C16H12FN5OS2/c17-12-1-3-14(4-2-12)23-8-15-18-13(10-25-15)7-22-20-16(19-21-22)11-5-6-24-9-11/h1-6,9-10H,7-8H2. The van der Waals surface area contributed by atoms with Crippen molar-refractivity contribution < 1.29 is 9.13 Å². The third-order valence-electron chi connectivity index (χ3n) is 3.31. The van der Waals surface area contributed by atoms with Gasteiger partial charge in [-0.25, -0.2) is 9.37 Å². The molecule has 0 N–H and O–H groups in total. The van der Waals surface area contributed by atoms with Crippen LogP contribution in [0.2, 0.25) is 0 Å². The van der Waals surface area contributed by atoms with Crippen LogP contribution in [0.1, 0.15) is 10.7 Å². The van der Waals surface area contributed by atoms with Crippen molar-refractivity contribution in [3.05, 3.63) is 63.0 Å². The molecule has 0 amide bonds. The maximum absolute atomic E-state index is 12.9. The molecule has 0 spiro atoms. The molecule has 9 heteroatoms. The second-order valence-corrected chi connectivity index (χ2v) is 6.85. The molecule has 0 atom stereocenters. The van der Waals surface area contributed by atoms with Gasteiger partial charge in [-0.15, -0.1) is 21.5 Å². The second-order valence-electron chi connectivity index (χ2n) is 5.13. The van der Waals surface area contributed by atoms with Crippen LogP contribution in [0.5, 0.6) is 5.75 Å². The van der Waals surface area contributed by atoms with E-state index in [1.165, 1.54) is 28.3 Å². The van der Waals surface area contributed by atoms with Gasteiger partial charge in [-0.05, 0) is 40.9 Å². The molecular weight excluding hydrogens is 361 g/mol. The van der Waals surface area contributed by atoms with Crippen molar-refractivity contribution in [3.63, 3.8) is 0 Å². The van der Waals surface area contributed by atoms with Crippen molar-refractivity contribution in [1.29, 1.82) is 0 Å². The topological polar surface area (TPSA) is 65.7 Å². The average Bonchev–Trinajstić information content (AvgIpc) is 3.36. The highest BCUT2D eigenvalue weighted by Gasteiger charge is 2.09. The summed E-state index contributed by atoms with van der Waals surface area (Å²) in [5.41, 5.74) is 1.81. The molecule has 126 valence electrons. The molecule has 0 fully saturated rings. The maximum atomic E-state index is 12.9. The monoisotopic (exact) mass is 373 g/mol. The van der Waals surface area contributed by atoms with E-state index >= 15 is 0 Å². The number of ether oxygens (including phenoxy) is 1. The molecule has 3 aromatic heterocycles. The summed E-state index contributed by atoms with van der Waals surface area (Å²) in [6, 6.07) is 7.87. The number of hydrogen-bond acceptors (Lipinski definition) is 7. The van der Waals surface area contributed by atoms with Crippen LogP contribution in [0, 0.1) is 5.82 Å². The lowest BCUT2D eigenvalue weighted by molar-refractivity contribution is 0.304. The summed E-state index contributed by atoms with van der Waals surface area (Å²) in [5.74, 6) is 0.930. The van der Waals surface area contributed by atoms with E-state index in [9.17, 15) is 4.39 Å².